The number of fused-ring (bicyclic) bond motifs is 2. The van der Waals surface area contributed by atoms with Gasteiger partial charge in [0.25, 0.3) is 5.56 Å². The highest BCUT2D eigenvalue weighted by molar-refractivity contribution is 7.52. The van der Waals surface area contributed by atoms with Crippen molar-refractivity contribution in [3.8, 4) is 5.75 Å². The third-order valence-corrected chi connectivity index (χ3v) is 8.37. The molecule has 4 aromatic rings. The van der Waals surface area contributed by atoms with E-state index in [1.54, 1.807) is 24.3 Å². The van der Waals surface area contributed by atoms with Crippen LogP contribution < -0.4 is 20.9 Å². The van der Waals surface area contributed by atoms with Gasteiger partial charge >= 0.3 is 13.7 Å². The molecule has 3 unspecified atom stereocenters. The highest BCUT2D eigenvalue weighted by Gasteiger charge is 2.54. The van der Waals surface area contributed by atoms with Crippen molar-refractivity contribution in [3.05, 3.63) is 59.1 Å². The van der Waals surface area contributed by atoms with Gasteiger partial charge in [0.15, 0.2) is 17.4 Å². The van der Waals surface area contributed by atoms with Crippen LogP contribution in [0.5, 0.6) is 5.75 Å². The van der Waals surface area contributed by atoms with Crippen LogP contribution in [0.25, 0.3) is 21.9 Å². The molecule has 1 saturated heterocycles. The highest BCUT2D eigenvalue weighted by atomic mass is 31.2. The number of rotatable bonds is 9. The second-order valence-electron chi connectivity index (χ2n) is 9.71. The summed E-state index contributed by atoms with van der Waals surface area (Å²) in [6, 6.07) is 11.3. The van der Waals surface area contributed by atoms with E-state index in [0.717, 1.165) is 5.39 Å². The Labute approximate surface area is 232 Å². The van der Waals surface area contributed by atoms with Crippen LogP contribution in [0.2, 0.25) is 0 Å². The number of anilines is 1. The molecule has 15 nitrogen and oxygen atoms in total. The van der Waals surface area contributed by atoms with Crippen molar-refractivity contribution in [2.75, 3.05) is 19.5 Å². The topological polar surface area (TPSA) is 213 Å². The first-order chi connectivity index (χ1) is 19.4. The molecule has 16 heteroatoms. The molecule has 6 N–H and O–H groups in total. The van der Waals surface area contributed by atoms with Crippen LogP contribution in [0.4, 0.5) is 5.95 Å². The summed E-state index contributed by atoms with van der Waals surface area (Å²) >= 11 is 0. The molecule has 218 valence electrons. The fourth-order valence-electron chi connectivity index (χ4n) is 4.63. The number of benzene rings is 2. The van der Waals surface area contributed by atoms with Crippen molar-refractivity contribution in [1.29, 1.82) is 0 Å². The molecule has 0 saturated carbocycles. The van der Waals surface area contributed by atoms with Gasteiger partial charge < -0.3 is 29.9 Å². The van der Waals surface area contributed by atoms with E-state index >= 15 is 0 Å². The number of aromatic nitrogens is 4. The lowest BCUT2D eigenvalue weighted by atomic mass is 9.96. The number of nitrogen functional groups attached to an aromatic ring is 1. The van der Waals surface area contributed by atoms with Crippen LogP contribution in [-0.4, -0.2) is 73.3 Å². The van der Waals surface area contributed by atoms with Gasteiger partial charge in [0.1, 0.15) is 29.6 Å². The third kappa shape index (κ3) is 5.43. The first kappa shape index (κ1) is 28.7. The number of hydrogen-bond acceptors (Lipinski definition) is 12. The standard InChI is InChI=1S/C25H29N6O9P/c1-13(22(34)37-3)30-41(36,40-16-10-6-8-14-7-4-5-9-15(14)16)38-11-17-19(32)25(2,35)23(39-17)31-12-27-18-20(31)28-24(26)29-21(18)33/h4-10,12-13,17,19,23,32,35H,11H2,1-3H3,(H,30,36)(H3,26,28,29,33)/t13-,17+,19?,23+,25?,41?/m0/s1. The smallest absolute Gasteiger partial charge is 0.459 e. The maximum Gasteiger partial charge on any atom is 0.459 e. The first-order valence-corrected chi connectivity index (χ1v) is 14.0. The van der Waals surface area contributed by atoms with Gasteiger partial charge in [-0.25, -0.2) is 9.55 Å². The molecular weight excluding hydrogens is 559 g/mol. The molecule has 1 fully saturated rings. The number of ether oxygens (including phenoxy) is 2. The number of H-pyrrole nitrogens is 1. The summed E-state index contributed by atoms with van der Waals surface area (Å²) in [5.41, 5.74) is 3.10. The van der Waals surface area contributed by atoms with Gasteiger partial charge in [-0.15, -0.1) is 0 Å². The Morgan fingerprint density at radius 3 is 2.80 bits per heavy atom. The average molecular weight is 589 g/mol. The second kappa shape index (κ2) is 10.9. The number of methoxy groups -OCH3 is 1. The van der Waals surface area contributed by atoms with Crippen LogP contribution >= 0.6 is 7.75 Å². The summed E-state index contributed by atoms with van der Waals surface area (Å²) in [4.78, 5) is 34.7. The molecule has 0 amide bonds. The van der Waals surface area contributed by atoms with Gasteiger partial charge in [-0.3, -0.25) is 23.7 Å². The molecule has 2 aromatic carbocycles. The average Bonchev–Trinajstić information content (AvgIpc) is 3.45. The zero-order valence-corrected chi connectivity index (χ0v) is 23.1. The zero-order chi connectivity index (χ0) is 29.5. The monoisotopic (exact) mass is 588 g/mol. The second-order valence-corrected chi connectivity index (χ2v) is 11.4. The lowest BCUT2D eigenvalue weighted by molar-refractivity contribution is -0.142. The molecule has 5 rings (SSSR count). The number of aromatic amines is 1. The van der Waals surface area contributed by atoms with Crippen molar-refractivity contribution >= 4 is 41.6 Å². The lowest BCUT2D eigenvalue weighted by Gasteiger charge is -2.27. The molecule has 0 bridgehead atoms. The lowest BCUT2D eigenvalue weighted by Crippen LogP contribution is -2.44. The Kier molecular flexibility index (Phi) is 7.59. The SMILES string of the molecule is COC(=O)[C@H](C)NP(=O)(OC[C@H]1O[C@@H](n2cnc3c(=O)[nH]c(N)nc32)C(C)(O)C1O)Oc1cccc2ccccc12. The minimum absolute atomic E-state index is 0.0174. The van der Waals surface area contributed by atoms with Crippen LogP contribution in [0.3, 0.4) is 0 Å². The number of nitrogens with zero attached hydrogens (tertiary/aromatic N) is 3. The van der Waals surface area contributed by atoms with E-state index in [1.165, 1.54) is 31.9 Å². The van der Waals surface area contributed by atoms with Crippen molar-refractivity contribution in [2.24, 2.45) is 0 Å². The summed E-state index contributed by atoms with van der Waals surface area (Å²) < 4.78 is 37.4. The number of carbonyl (C=O) groups excluding carboxylic acids is 1. The predicted molar refractivity (Wildman–Crippen MR) is 146 cm³/mol. The molecule has 6 atom stereocenters. The Morgan fingerprint density at radius 2 is 2.05 bits per heavy atom. The number of aliphatic hydroxyl groups excluding tert-OH is 1. The van der Waals surface area contributed by atoms with Crippen molar-refractivity contribution < 1.29 is 38.1 Å². The molecule has 41 heavy (non-hydrogen) atoms. The van der Waals surface area contributed by atoms with Gasteiger partial charge in [-0.05, 0) is 25.3 Å². The molecule has 0 aliphatic carbocycles. The van der Waals surface area contributed by atoms with Gasteiger partial charge in [0, 0.05) is 5.39 Å². The van der Waals surface area contributed by atoms with E-state index in [-0.39, 0.29) is 22.9 Å². The van der Waals surface area contributed by atoms with E-state index < -0.39 is 56.0 Å². The molecule has 1 aliphatic heterocycles. The minimum atomic E-state index is -4.34. The summed E-state index contributed by atoms with van der Waals surface area (Å²) in [5, 5.41) is 26.2. The van der Waals surface area contributed by atoms with Gasteiger partial charge in [0.2, 0.25) is 5.95 Å². The predicted octanol–water partition coefficient (Wildman–Crippen LogP) is 1.22. The normalized spacial score (nSPS) is 24.8. The van der Waals surface area contributed by atoms with Gasteiger partial charge in [0.05, 0.1) is 20.0 Å². The summed E-state index contributed by atoms with van der Waals surface area (Å²) in [7, 11) is -3.16. The Morgan fingerprint density at radius 1 is 1.32 bits per heavy atom. The van der Waals surface area contributed by atoms with E-state index in [4.69, 9.17) is 24.3 Å². The van der Waals surface area contributed by atoms with Crippen molar-refractivity contribution in [2.45, 2.75) is 43.9 Å². The number of imidazole rings is 1. The number of esters is 1. The Balaban J connectivity index is 1.42. The number of nitrogens with two attached hydrogens (primary N) is 1. The Bertz CT molecular complexity index is 1700. The molecular formula is C25H29N6O9P. The highest BCUT2D eigenvalue weighted by Crippen LogP contribution is 2.48. The van der Waals surface area contributed by atoms with Crippen molar-refractivity contribution in [1.82, 2.24) is 24.6 Å². The minimum Gasteiger partial charge on any atom is -0.468 e. The maximum absolute atomic E-state index is 14.0. The number of nitrogens with one attached hydrogen (secondary N) is 2. The first-order valence-electron chi connectivity index (χ1n) is 12.5. The van der Waals surface area contributed by atoms with E-state index in [2.05, 4.69) is 20.0 Å². The molecule has 2 aromatic heterocycles. The van der Waals surface area contributed by atoms with E-state index in [9.17, 15) is 24.4 Å². The molecule has 0 spiro atoms. The van der Waals surface area contributed by atoms with Crippen molar-refractivity contribution in [3.63, 3.8) is 0 Å². The quantitative estimate of drug-likeness (QED) is 0.138. The number of carbonyl (C=O) groups is 1. The molecule has 0 radical (unpaired) electrons. The van der Waals surface area contributed by atoms with E-state index in [0.29, 0.717) is 5.39 Å². The fraction of sp³-hybridized carbons (Fsp3) is 0.360. The molecule has 3 heterocycles. The zero-order valence-electron chi connectivity index (χ0n) is 22.3. The van der Waals surface area contributed by atoms with Crippen LogP contribution in [0.1, 0.15) is 20.1 Å². The third-order valence-electron chi connectivity index (χ3n) is 6.74. The fourth-order valence-corrected chi connectivity index (χ4v) is 6.15. The van der Waals surface area contributed by atoms with Gasteiger partial charge in [-0.1, -0.05) is 36.4 Å². The molecule has 1 aliphatic rings. The summed E-state index contributed by atoms with van der Waals surface area (Å²) in [6.45, 7) is 2.19. The largest absolute Gasteiger partial charge is 0.468 e. The number of aliphatic hydroxyl groups is 2. The Hall–Kier alpha value is -3.85. The summed E-state index contributed by atoms with van der Waals surface area (Å²) in [5.74, 6) is -0.684. The van der Waals surface area contributed by atoms with Crippen LogP contribution in [-0.2, 0) is 23.4 Å². The van der Waals surface area contributed by atoms with Crippen LogP contribution in [0, 0.1) is 0 Å². The van der Waals surface area contributed by atoms with Gasteiger partial charge in [-0.2, -0.15) is 10.1 Å². The van der Waals surface area contributed by atoms with E-state index in [1.807, 2.05) is 18.2 Å². The van der Waals surface area contributed by atoms with Crippen LogP contribution in [0.15, 0.2) is 53.6 Å². The number of hydrogen-bond donors (Lipinski definition) is 5. The summed E-state index contributed by atoms with van der Waals surface area (Å²) in [6.07, 6.45) is -2.87. The maximum atomic E-state index is 14.0.